The Labute approximate surface area is 188 Å². The minimum Gasteiger partial charge on any atom is -0.375 e. The molecule has 1 aromatic carbocycles. The number of hydrogen-bond donors (Lipinski definition) is 2. The summed E-state index contributed by atoms with van der Waals surface area (Å²) < 4.78 is 25.3. The van der Waals surface area contributed by atoms with Crippen molar-refractivity contribution >= 4 is 40.8 Å². The average Bonchev–Trinajstić information content (AvgIpc) is 3.38. The van der Waals surface area contributed by atoms with Crippen LogP contribution in [0.2, 0.25) is 0 Å². The lowest BCUT2D eigenvalue weighted by Crippen LogP contribution is -2.53. The molecule has 0 bridgehead atoms. The molecule has 0 radical (unpaired) electrons. The number of ether oxygens (including phenoxy) is 2. The summed E-state index contributed by atoms with van der Waals surface area (Å²) in [4.78, 5) is 10.3. The third-order valence-corrected chi connectivity index (χ3v) is 5.48. The summed E-state index contributed by atoms with van der Waals surface area (Å²) in [6, 6.07) is 4.84. The number of aliphatic imine (C=N–C) groups is 1. The maximum Gasteiger partial charge on any atom is 0.194 e. The summed E-state index contributed by atoms with van der Waals surface area (Å²) in [5.74, 6) is 0.707. The van der Waals surface area contributed by atoms with Gasteiger partial charge in [-0.15, -0.1) is 24.0 Å². The number of nitrogens with zero attached hydrogens (tertiary/aromatic N) is 2. The molecule has 29 heavy (non-hydrogen) atoms. The Balaban J connectivity index is 0.00000240. The van der Waals surface area contributed by atoms with Crippen LogP contribution in [0.15, 0.2) is 29.4 Å². The van der Waals surface area contributed by atoms with Crippen LogP contribution < -0.4 is 5.32 Å². The molecule has 0 aliphatic carbocycles. The van der Waals surface area contributed by atoms with Crippen LogP contribution in [-0.2, 0) is 15.9 Å². The third kappa shape index (κ3) is 5.40. The lowest BCUT2D eigenvalue weighted by Gasteiger charge is -2.37. The smallest absolute Gasteiger partial charge is 0.194 e. The zero-order chi connectivity index (χ0) is 19.3. The third-order valence-electron chi connectivity index (χ3n) is 5.48. The number of aromatic amines is 1. The number of fused-ring (bicyclic) bond motifs is 1. The van der Waals surface area contributed by atoms with Crippen molar-refractivity contribution in [3.05, 3.63) is 35.8 Å². The number of morpholine rings is 1. The first-order chi connectivity index (χ1) is 13.7. The molecule has 1 aromatic heterocycles. The fourth-order valence-electron chi connectivity index (χ4n) is 4.05. The predicted octanol–water partition coefficient (Wildman–Crippen LogP) is 3.31. The van der Waals surface area contributed by atoms with Gasteiger partial charge in [-0.2, -0.15) is 0 Å². The van der Waals surface area contributed by atoms with E-state index in [0.29, 0.717) is 13.2 Å². The Kier molecular flexibility index (Phi) is 8.14. The molecular weight excluding hydrogens is 486 g/mol. The number of benzene rings is 1. The summed E-state index contributed by atoms with van der Waals surface area (Å²) >= 11 is 0. The van der Waals surface area contributed by atoms with Gasteiger partial charge in [-0.3, -0.25) is 4.99 Å². The summed E-state index contributed by atoms with van der Waals surface area (Å²) in [6.45, 7) is 6.70. The molecule has 0 spiro atoms. The SMILES string of the molecule is CCNC(=NCCc1c[nH]c2ccc(F)cc12)N1CCOC(C2CCCO2)C1.I. The van der Waals surface area contributed by atoms with E-state index in [0.717, 1.165) is 67.9 Å². The molecule has 3 heterocycles. The van der Waals surface area contributed by atoms with E-state index >= 15 is 0 Å². The molecule has 4 rings (SSSR count). The van der Waals surface area contributed by atoms with Crippen molar-refractivity contribution in [3.8, 4) is 0 Å². The average molecular weight is 516 g/mol. The molecular formula is C21H30FIN4O2. The highest BCUT2D eigenvalue weighted by Crippen LogP contribution is 2.22. The number of rotatable bonds is 5. The lowest BCUT2D eigenvalue weighted by molar-refractivity contribution is -0.0817. The van der Waals surface area contributed by atoms with Gasteiger partial charge in [0.2, 0.25) is 0 Å². The minimum absolute atomic E-state index is 0. The quantitative estimate of drug-likeness (QED) is 0.364. The number of halogens is 2. The van der Waals surface area contributed by atoms with Gasteiger partial charge in [0.25, 0.3) is 0 Å². The second kappa shape index (κ2) is 10.6. The number of guanidine groups is 1. The predicted molar refractivity (Wildman–Crippen MR) is 124 cm³/mol. The Morgan fingerprint density at radius 1 is 1.31 bits per heavy atom. The minimum atomic E-state index is -0.210. The number of H-pyrrole nitrogens is 1. The second-order valence-corrected chi connectivity index (χ2v) is 7.40. The van der Waals surface area contributed by atoms with Crippen molar-refractivity contribution < 1.29 is 13.9 Å². The van der Waals surface area contributed by atoms with Crippen LogP contribution in [0.1, 0.15) is 25.3 Å². The first-order valence-corrected chi connectivity index (χ1v) is 10.3. The molecule has 8 heteroatoms. The van der Waals surface area contributed by atoms with E-state index in [4.69, 9.17) is 14.5 Å². The monoisotopic (exact) mass is 516 g/mol. The molecule has 2 aliphatic rings. The second-order valence-electron chi connectivity index (χ2n) is 7.40. The van der Waals surface area contributed by atoms with E-state index in [1.165, 1.54) is 6.07 Å². The summed E-state index contributed by atoms with van der Waals surface area (Å²) in [7, 11) is 0. The van der Waals surface area contributed by atoms with Crippen molar-refractivity contribution in [2.75, 3.05) is 39.4 Å². The van der Waals surface area contributed by atoms with Crippen LogP contribution in [0.25, 0.3) is 10.9 Å². The van der Waals surface area contributed by atoms with E-state index in [9.17, 15) is 4.39 Å². The lowest BCUT2D eigenvalue weighted by atomic mass is 10.1. The molecule has 2 atom stereocenters. The summed E-state index contributed by atoms with van der Waals surface area (Å²) in [5.41, 5.74) is 2.05. The summed E-state index contributed by atoms with van der Waals surface area (Å²) in [6.07, 6.45) is 5.21. The van der Waals surface area contributed by atoms with Crippen LogP contribution in [0, 0.1) is 5.82 Å². The Bertz CT molecular complexity index is 822. The molecule has 2 unspecified atom stereocenters. The number of hydrogen-bond acceptors (Lipinski definition) is 3. The molecule has 6 nitrogen and oxygen atoms in total. The normalized spacial score (nSPS) is 22.7. The van der Waals surface area contributed by atoms with Gasteiger partial charge in [0.05, 0.1) is 12.7 Å². The standard InChI is InChI=1S/C21H29FN4O2.HI/c1-2-23-21(26-9-11-28-20(14-26)19-4-3-10-27-19)24-8-7-15-13-25-18-6-5-16(22)12-17(15)18;/h5-6,12-13,19-20,25H,2-4,7-11,14H2,1H3,(H,23,24);1H. The Morgan fingerprint density at radius 3 is 2.97 bits per heavy atom. The zero-order valence-electron chi connectivity index (χ0n) is 16.8. The van der Waals surface area contributed by atoms with Gasteiger partial charge in [-0.05, 0) is 49.9 Å². The fourth-order valence-corrected chi connectivity index (χ4v) is 4.05. The molecule has 0 saturated carbocycles. The molecule has 2 aromatic rings. The first-order valence-electron chi connectivity index (χ1n) is 10.3. The van der Waals surface area contributed by atoms with Crippen LogP contribution >= 0.6 is 24.0 Å². The van der Waals surface area contributed by atoms with Crippen LogP contribution in [-0.4, -0.2) is 67.4 Å². The molecule has 160 valence electrons. The van der Waals surface area contributed by atoms with E-state index < -0.39 is 0 Å². The van der Waals surface area contributed by atoms with E-state index in [2.05, 4.69) is 22.1 Å². The van der Waals surface area contributed by atoms with Gasteiger partial charge in [0.1, 0.15) is 11.9 Å². The van der Waals surface area contributed by atoms with Crippen molar-refractivity contribution in [1.82, 2.24) is 15.2 Å². The fraction of sp³-hybridized carbons (Fsp3) is 0.571. The number of aromatic nitrogens is 1. The van der Waals surface area contributed by atoms with Crippen molar-refractivity contribution in [2.24, 2.45) is 4.99 Å². The number of nitrogens with one attached hydrogen (secondary N) is 2. The highest BCUT2D eigenvalue weighted by atomic mass is 127. The Morgan fingerprint density at radius 2 is 2.17 bits per heavy atom. The van der Waals surface area contributed by atoms with Gasteiger partial charge >= 0.3 is 0 Å². The van der Waals surface area contributed by atoms with Gasteiger partial charge in [-0.25, -0.2) is 4.39 Å². The van der Waals surface area contributed by atoms with Crippen molar-refractivity contribution in [1.29, 1.82) is 0 Å². The van der Waals surface area contributed by atoms with Crippen molar-refractivity contribution in [3.63, 3.8) is 0 Å². The van der Waals surface area contributed by atoms with Gasteiger partial charge in [0.15, 0.2) is 5.96 Å². The van der Waals surface area contributed by atoms with Gasteiger partial charge in [0, 0.05) is 49.9 Å². The van der Waals surface area contributed by atoms with Gasteiger partial charge < -0.3 is 24.7 Å². The molecule has 0 amide bonds. The maximum atomic E-state index is 13.6. The first kappa shape index (κ1) is 22.3. The van der Waals surface area contributed by atoms with Crippen LogP contribution in [0.4, 0.5) is 4.39 Å². The van der Waals surface area contributed by atoms with Crippen LogP contribution in [0.5, 0.6) is 0 Å². The molecule has 2 saturated heterocycles. The van der Waals surface area contributed by atoms with Crippen LogP contribution in [0.3, 0.4) is 0 Å². The Hall–Kier alpha value is -1.39. The maximum absolute atomic E-state index is 13.6. The largest absolute Gasteiger partial charge is 0.375 e. The molecule has 2 fully saturated rings. The van der Waals surface area contributed by atoms with E-state index in [-0.39, 0.29) is 42.0 Å². The summed E-state index contributed by atoms with van der Waals surface area (Å²) in [5, 5.41) is 4.34. The highest BCUT2D eigenvalue weighted by Gasteiger charge is 2.32. The molecule has 2 aliphatic heterocycles. The topological polar surface area (TPSA) is 61.9 Å². The van der Waals surface area contributed by atoms with Gasteiger partial charge in [-0.1, -0.05) is 0 Å². The molecule has 2 N–H and O–H groups in total. The van der Waals surface area contributed by atoms with E-state index in [1.54, 1.807) is 12.1 Å². The zero-order valence-corrected chi connectivity index (χ0v) is 19.2. The van der Waals surface area contributed by atoms with E-state index in [1.807, 2.05) is 6.20 Å². The van der Waals surface area contributed by atoms with Crippen molar-refractivity contribution in [2.45, 2.75) is 38.4 Å². The highest BCUT2D eigenvalue weighted by molar-refractivity contribution is 14.0.